The maximum absolute atomic E-state index is 13.1. The van der Waals surface area contributed by atoms with Crippen molar-refractivity contribution in [1.82, 2.24) is 5.01 Å². The minimum absolute atomic E-state index is 0.194. The monoisotopic (exact) mass is 514 g/mol. The van der Waals surface area contributed by atoms with Crippen molar-refractivity contribution < 1.29 is 28.2 Å². The van der Waals surface area contributed by atoms with Gasteiger partial charge < -0.3 is 23.4 Å². The van der Waals surface area contributed by atoms with Crippen molar-refractivity contribution >= 4 is 23.1 Å². The van der Waals surface area contributed by atoms with Gasteiger partial charge in [-0.3, -0.25) is 9.59 Å². The van der Waals surface area contributed by atoms with E-state index in [-0.39, 0.29) is 11.5 Å². The number of rotatable bonds is 8. The minimum atomic E-state index is -0.318. The van der Waals surface area contributed by atoms with Crippen molar-refractivity contribution in [2.75, 3.05) is 28.4 Å². The van der Waals surface area contributed by atoms with Gasteiger partial charge in [0.15, 0.2) is 28.4 Å². The van der Waals surface area contributed by atoms with E-state index in [1.807, 2.05) is 18.2 Å². The molecular formula is C29H26N2O7. The third kappa shape index (κ3) is 4.43. The maximum atomic E-state index is 13.1. The lowest BCUT2D eigenvalue weighted by atomic mass is 9.97. The first-order chi connectivity index (χ1) is 18.5. The molecule has 5 rings (SSSR count). The highest BCUT2D eigenvalue weighted by Crippen LogP contribution is 2.37. The molecule has 0 aliphatic carbocycles. The second-order valence-corrected chi connectivity index (χ2v) is 8.62. The van der Waals surface area contributed by atoms with Crippen LogP contribution < -0.4 is 24.4 Å². The Hall–Kier alpha value is -4.79. The number of fused-ring (bicyclic) bond motifs is 1. The summed E-state index contributed by atoms with van der Waals surface area (Å²) in [6.07, 6.45) is 1.16. The van der Waals surface area contributed by atoms with Gasteiger partial charge in [-0.1, -0.05) is 6.07 Å². The van der Waals surface area contributed by atoms with Gasteiger partial charge in [0.2, 0.25) is 6.41 Å². The van der Waals surface area contributed by atoms with E-state index in [1.54, 1.807) is 64.8 Å². The van der Waals surface area contributed by atoms with Gasteiger partial charge in [-0.2, -0.15) is 5.10 Å². The Kier molecular flexibility index (Phi) is 6.74. The highest BCUT2D eigenvalue weighted by molar-refractivity contribution is 6.04. The molecule has 9 nitrogen and oxygen atoms in total. The van der Waals surface area contributed by atoms with Crippen LogP contribution in [0.5, 0.6) is 23.0 Å². The Morgan fingerprint density at radius 2 is 1.47 bits per heavy atom. The van der Waals surface area contributed by atoms with Crippen molar-refractivity contribution in [2.24, 2.45) is 5.10 Å². The fourth-order valence-corrected chi connectivity index (χ4v) is 4.60. The van der Waals surface area contributed by atoms with Crippen LogP contribution in [-0.2, 0) is 4.79 Å². The van der Waals surface area contributed by atoms with Crippen molar-refractivity contribution in [3.05, 3.63) is 82.0 Å². The first kappa shape index (κ1) is 24.9. The molecule has 0 saturated carbocycles. The van der Waals surface area contributed by atoms with Crippen LogP contribution in [0.1, 0.15) is 23.6 Å². The van der Waals surface area contributed by atoms with Gasteiger partial charge in [0, 0.05) is 18.1 Å². The molecule has 1 amide bonds. The molecule has 0 radical (unpaired) electrons. The van der Waals surface area contributed by atoms with Gasteiger partial charge in [0.25, 0.3) is 0 Å². The summed E-state index contributed by atoms with van der Waals surface area (Å²) in [5, 5.41) is 6.32. The van der Waals surface area contributed by atoms with Crippen LogP contribution in [0.4, 0.5) is 0 Å². The van der Waals surface area contributed by atoms with Gasteiger partial charge in [-0.15, -0.1) is 0 Å². The van der Waals surface area contributed by atoms with Crippen molar-refractivity contribution in [1.29, 1.82) is 0 Å². The Labute approximate surface area is 218 Å². The zero-order valence-electron chi connectivity index (χ0n) is 21.4. The van der Waals surface area contributed by atoms with Crippen LogP contribution in [0.25, 0.3) is 22.3 Å². The van der Waals surface area contributed by atoms with E-state index in [0.29, 0.717) is 63.8 Å². The van der Waals surface area contributed by atoms with Crippen LogP contribution in [-0.4, -0.2) is 45.6 Å². The molecule has 1 unspecified atom stereocenters. The number of carbonyl (C=O) groups is 1. The molecule has 1 aliphatic rings. The summed E-state index contributed by atoms with van der Waals surface area (Å²) >= 11 is 0. The summed E-state index contributed by atoms with van der Waals surface area (Å²) in [6.45, 7) is 0. The number of methoxy groups -OCH3 is 4. The topological polar surface area (TPSA) is 99.8 Å². The van der Waals surface area contributed by atoms with Gasteiger partial charge in [-0.05, 0) is 59.7 Å². The first-order valence-corrected chi connectivity index (χ1v) is 11.8. The standard InChI is InChI=1S/C29H26N2O7/c1-34-25-9-6-18(12-28(25)36-3)22-14-21(30-31(22)16-32)17-5-8-24-20(11-17)23(33)15-27(38-24)19-7-10-26(35-2)29(13-19)37-4/h5-13,15-16,22H,14H2,1-4H3. The number of hydrogen-bond acceptors (Lipinski definition) is 8. The lowest BCUT2D eigenvalue weighted by molar-refractivity contribution is -0.119. The lowest BCUT2D eigenvalue weighted by Gasteiger charge is -2.19. The number of amides is 1. The largest absolute Gasteiger partial charge is 0.493 e. The van der Waals surface area contributed by atoms with E-state index < -0.39 is 0 Å². The molecule has 1 aromatic heterocycles. The molecule has 2 heterocycles. The third-order valence-electron chi connectivity index (χ3n) is 6.57. The first-order valence-electron chi connectivity index (χ1n) is 11.8. The molecule has 0 saturated heterocycles. The smallest absolute Gasteiger partial charge is 0.230 e. The number of carbonyl (C=O) groups excluding carboxylic acids is 1. The second-order valence-electron chi connectivity index (χ2n) is 8.62. The zero-order valence-corrected chi connectivity index (χ0v) is 21.4. The van der Waals surface area contributed by atoms with E-state index in [4.69, 9.17) is 23.4 Å². The third-order valence-corrected chi connectivity index (χ3v) is 6.57. The Morgan fingerprint density at radius 3 is 2.16 bits per heavy atom. The number of nitrogens with zero attached hydrogens (tertiary/aromatic N) is 2. The minimum Gasteiger partial charge on any atom is -0.493 e. The molecule has 1 aliphatic heterocycles. The summed E-state index contributed by atoms with van der Waals surface area (Å²) in [5.41, 5.74) is 3.20. The van der Waals surface area contributed by atoms with E-state index in [0.717, 1.165) is 11.1 Å². The molecule has 0 spiro atoms. The Morgan fingerprint density at radius 1 is 0.816 bits per heavy atom. The number of ether oxygens (including phenoxy) is 4. The molecule has 194 valence electrons. The second kappa shape index (κ2) is 10.3. The van der Waals surface area contributed by atoms with Crippen LogP contribution in [0.15, 0.2) is 75.0 Å². The highest BCUT2D eigenvalue weighted by Gasteiger charge is 2.29. The predicted molar refractivity (Wildman–Crippen MR) is 142 cm³/mol. The van der Waals surface area contributed by atoms with Crippen LogP contribution in [0.2, 0.25) is 0 Å². The average Bonchev–Trinajstić information content (AvgIpc) is 3.40. The Bertz CT molecular complexity index is 1610. The maximum Gasteiger partial charge on any atom is 0.230 e. The van der Waals surface area contributed by atoms with E-state index in [2.05, 4.69) is 5.10 Å². The fraction of sp³-hybridized carbons (Fsp3) is 0.207. The number of benzene rings is 3. The zero-order chi connectivity index (χ0) is 26.8. The normalized spacial score (nSPS) is 14.8. The molecule has 1 atom stereocenters. The number of hydrazone groups is 1. The molecule has 9 heteroatoms. The Balaban J connectivity index is 1.47. The molecular weight excluding hydrogens is 488 g/mol. The van der Waals surface area contributed by atoms with Gasteiger partial charge in [-0.25, -0.2) is 5.01 Å². The van der Waals surface area contributed by atoms with Gasteiger partial charge in [0.05, 0.1) is 45.6 Å². The highest BCUT2D eigenvalue weighted by atomic mass is 16.5. The van der Waals surface area contributed by atoms with E-state index >= 15 is 0 Å². The summed E-state index contributed by atoms with van der Waals surface area (Å²) in [7, 11) is 6.24. The van der Waals surface area contributed by atoms with Crippen molar-refractivity contribution in [2.45, 2.75) is 12.5 Å². The van der Waals surface area contributed by atoms with Crippen LogP contribution in [0, 0.1) is 0 Å². The van der Waals surface area contributed by atoms with E-state index in [9.17, 15) is 9.59 Å². The van der Waals surface area contributed by atoms with Gasteiger partial charge in [0.1, 0.15) is 11.3 Å². The van der Waals surface area contributed by atoms with Crippen molar-refractivity contribution in [3.63, 3.8) is 0 Å². The molecule has 0 N–H and O–H groups in total. The molecule has 3 aromatic carbocycles. The fourth-order valence-electron chi connectivity index (χ4n) is 4.60. The van der Waals surface area contributed by atoms with E-state index in [1.165, 1.54) is 11.1 Å². The molecule has 4 aromatic rings. The lowest BCUT2D eigenvalue weighted by Crippen LogP contribution is -2.17. The summed E-state index contributed by atoms with van der Waals surface area (Å²) < 4.78 is 27.5. The van der Waals surface area contributed by atoms with Gasteiger partial charge >= 0.3 is 0 Å². The quantitative estimate of drug-likeness (QED) is 0.311. The number of hydrogen-bond donors (Lipinski definition) is 0. The van der Waals surface area contributed by atoms with Crippen LogP contribution >= 0.6 is 0 Å². The molecule has 0 bridgehead atoms. The summed E-state index contributed by atoms with van der Waals surface area (Å²) in [4.78, 5) is 25.0. The molecule has 0 fully saturated rings. The van der Waals surface area contributed by atoms with Crippen molar-refractivity contribution in [3.8, 4) is 34.3 Å². The summed E-state index contributed by atoms with van der Waals surface area (Å²) in [5.74, 6) is 2.69. The van der Waals surface area contributed by atoms with Crippen LogP contribution in [0.3, 0.4) is 0 Å². The summed E-state index contributed by atoms with van der Waals surface area (Å²) in [6, 6.07) is 17.3. The predicted octanol–water partition coefficient (Wildman–Crippen LogP) is 4.80. The average molecular weight is 515 g/mol. The SMILES string of the molecule is COc1ccc(-c2cc(=O)c3cc(C4=NN(C=O)C(c5ccc(OC)c(OC)c5)C4)ccc3o2)cc1OC. The molecule has 38 heavy (non-hydrogen) atoms.